The van der Waals surface area contributed by atoms with Crippen LogP contribution in [0.1, 0.15) is 31.9 Å². The van der Waals surface area contributed by atoms with Gasteiger partial charge >= 0.3 is 5.69 Å². The summed E-state index contributed by atoms with van der Waals surface area (Å²) < 4.78 is 3.25. The van der Waals surface area contributed by atoms with Crippen molar-refractivity contribution >= 4 is 16.9 Å². The maximum Gasteiger partial charge on any atom is 0.329 e. The molecule has 1 N–H and O–H groups in total. The number of para-hydroxylation sites is 2. The molecule has 0 fully saturated rings. The lowest BCUT2D eigenvalue weighted by molar-refractivity contribution is -0.121. The highest BCUT2D eigenvalue weighted by molar-refractivity contribution is 5.81. The van der Waals surface area contributed by atoms with Crippen LogP contribution in [0.15, 0.2) is 53.3 Å². The van der Waals surface area contributed by atoms with Crippen molar-refractivity contribution in [3.8, 4) is 0 Å². The Morgan fingerprint density at radius 1 is 0.897 bits per heavy atom. The number of carbonyl (C=O) groups excluding carboxylic acids is 1. The number of nitrogens with one attached hydrogen (secondary N) is 1. The van der Waals surface area contributed by atoms with E-state index in [0.29, 0.717) is 13.1 Å². The van der Waals surface area contributed by atoms with E-state index in [1.165, 1.54) is 5.56 Å². The summed E-state index contributed by atoms with van der Waals surface area (Å²) in [6.45, 7) is 10.1. The van der Waals surface area contributed by atoms with Gasteiger partial charge in [-0.25, -0.2) is 4.79 Å². The van der Waals surface area contributed by atoms with Crippen LogP contribution in [0.2, 0.25) is 0 Å². The quantitative estimate of drug-likeness (QED) is 0.607. The summed E-state index contributed by atoms with van der Waals surface area (Å²) in [5.74, 6) is -0.163. The SMILES string of the molecule is CCN(CC)Cc1ccccc1CNC(=O)Cn1c(=O)n(CC)c2ccccc21. The van der Waals surface area contributed by atoms with Crippen LogP contribution in [0.5, 0.6) is 0 Å². The Morgan fingerprint density at radius 3 is 2.10 bits per heavy atom. The highest BCUT2D eigenvalue weighted by Gasteiger charge is 2.14. The van der Waals surface area contributed by atoms with Crippen LogP contribution in [-0.4, -0.2) is 33.0 Å². The first-order chi connectivity index (χ1) is 14.1. The van der Waals surface area contributed by atoms with Gasteiger partial charge < -0.3 is 5.32 Å². The molecule has 154 valence electrons. The molecular weight excluding hydrogens is 364 g/mol. The van der Waals surface area contributed by atoms with E-state index in [2.05, 4.69) is 30.1 Å². The van der Waals surface area contributed by atoms with Crippen molar-refractivity contribution in [1.82, 2.24) is 19.4 Å². The minimum Gasteiger partial charge on any atom is -0.350 e. The lowest BCUT2D eigenvalue weighted by Gasteiger charge is -2.20. The maximum atomic E-state index is 12.7. The maximum absolute atomic E-state index is 12.7. The van der Waals surface area contributed by atoms with Gasteiger partial charge in [0.2, 0.25) is 5.91 Å². The van der Waals surface area contributed by atoms with Crippen molar-refractivity contribution in [2.24, 2.45) is 0 Å². The molecular formula is C23H30N4O2. The average molecular weight is 395 g/mol. The van der Waals surface area contributed by atoms with Gasteiger partial charge in [0.1, 0.15) is 6.54 Å². The Hall–Kier alpha value is -2.86. The summed E-state index contributed by atoms with van der Waals surface area (Å²) in [5, 5.41) is 2.99. The zero-order chi connectivity index (χ0) is 20.8. The minimum atomic E-state index is -0.163. The fourth-order valence-corrected chi connectivity index (χ4v) is 3.70. The molecule has 0 bridgehead atoms. The Kier molecular flexibility index (Phi) is 6.88. The number of imidazole rings is 1. The predicted molar refractivity (Wildman–Crippen MR) is 117 cm³/mol. The van der Waals surface area contributed by atoms with Crippen molar-refractivity contribution < 1.29 is 4.79 Å². The smallest absolute Gasteiger partial charge is 0.329 e. The molecule has 0 aliphatic rings. The summed E-state index contributed by atoms with van der Waals surface area (Å²) in [7, 11) is 0. The number of benzene rings is 2. The van der Waals surface area contributed by atoms with E-state index in [-0.39, 0.29) is 18.1 Å². The monoisotopic (exact) mass is 394 g/mol. The molecule has 0 saturated heterocycles. The second kappa shape index (κ2) is 9.56. The zero-order valence-corrected chi connectivity index (χ0v) is 17.5. The summed E-state index contributed by atoms with van der Waals surface area (Å²) in [6.07, 6.45) is 0. The molecule has 0 atom stereocenters. The van der Waals surface area contributed by atoms with E-state index in [0.717, 1.165) is 36.2 Å². The molecule has 0 radical (unpaired) electrons. The third kappa shape index (κ3) is 4.59. The fraction of sp³-hybridized carbons (Fsp3) is 0.391. The topological polar surface area (TPSA) is 59.3 Å². The molecule has 3 rings (SSSR count). The lowest BCUT2D eigenvalue weighted by Crippen LogP contribution is -2.33. The second-order valence-corrected chi connectivity index (χ2v) is 7.11. The molecule has 1 heterocycles. The first-order valence-electron chi connectivity index (χ1n) is 10.3. The summed E-state index contributed by atoms with van der Waals surface area (Å²) in [6, 6.07) is 15.8. The van der Waals surface area contributed by atoms with E-state index in [9.17, 15) is 9.59 Å². The van der Waals surface area contributed by atoms with E-state index >= 15 is 0 Å². The van der Waals surface area contributed by atoms with Gasteiger partial charge in [-0.2, -0.15) is 0 Å². The third-order valence-corrected chi connectivity index (χ3v) is 5.43. The first-order valence-corrected chi connectivity index (χ1v) is 10.3. The van der Waals surface area contributed by atoms with Gasteiger partial charge in [0, 0.05) is 19.6 Å². The number of carbonyl (C=O) groups is 1. The molecule has 6 heteroatoms. The number of nitrogens with zero attached hydrogens (tertiary/aromatic N) is 3. The van der Waals surface area contributed by atoms with Gasteiger partial charge in [0.05, 0.1) is 11.0 Å². The highest BCUT2D eigenvalue weighted by Crippen LogP contribution is 2.13. The van der Waals surface area contributed by atoms with Crippen LogP contribution in [-0.2, 0) is 31.0 Å². The van der Waals surface area contributed by atoms with Crippen LogP contribution in [0.4, 0.5) is 0 Å². The second-order valence-electron chi connectivity index (χ2n) is 7.11. The number of amides is 1. The molecule has 0 aliphatic carbocycles. The van der Waals surface area contributed by atoms with Crippen molar-refractivity contribution in [3.63, 3.8) is 0 Å². The van der Waals surface area contributed by atoms with Crippen LogP contribution < -0.4 is 11.0 Å². The van der Waals surface area contributed by atoms with E-state index in [4.69, 9.17) is 0 Å². The van der Waals surface area contributed by atoms with Gasteiger partial charge in [0.15, 0.2) is 0 Å². The summed E-state index contributed by atoms with van der Waals surface area (Å²) >= 11 is 0. The number of aryl methyl sites for hydroxylation is 1. The first kappa shape index (κ1) is 20.9. The normalized spacial score (nSPS) is 11.3. The predicted octanol–water partition coefficient (Wildman–Crippen LogP) is 2.98. The van der Waals surface area contributed by atoms with Crippen LogP contribution in [0.25, 0.3) is 11.0 Å². The number of hydrogen-bond acceptors (Lipinski definition) is 3. The van der Waals surface area contributed by atoms with Crippen molar-refractivity contribution in [3.05, 3.63) is 70.1 Å². The molecule has 2 aromatic carbocycles. The molecule has 0 spiro atoms. The molecule has 0 saturated carbocycles. The van der Waals surface area contributed by atoms with Gasteiger partial charge in [-0.1, -0.05) is 50.2 Å². The highest BCUT2D eigenvalue weighted by atomic mass is 16.2. The van der Waals surface area contributed by atoms with Crippen LogP contribution in [0, 0.1) is 0 Å². The van der Waals surface area contributed by atoms with E-state index in [1.54, 1.807) is 9.13 Å². The van der Waals surface area contributed by atoms with Crippen LogP contribution in [0.3, 0.4) is 0 Å². The van der Waals surface area contributed by atoms with Gasteiger partial charge in [0.25, 0.3) is 0 Å². The Labute approximate surface area is 171 Å². The molecule has 3 aromatic rings. The largest absolute Gasteiger partial charge is 0.350 e. The number of aromatic nitrogens is 2. The molecule has 1 amide bonds. The van der Waals surface area contributed by atoms with E-state index < -0.39 is 0 Å². The Morgan fingerprint density at radius 2 is 1.48 bits per heavy atom. The number of fused-ring (bicyclic) bond motifs is 1. The molecule has 29 heavy (non-hydrogen) atoms. The van der Waals surface area contributed by atoms with Gasteiger partial charge in [-0.3, -0.25) is 18.8 Å². The standard InChI is InChI=1S/C23H30N4O2/c1-4-25(5-2)16-19-12-8-7-11-18(19)15-24-22(28)17-27-21-14-10-9-13-20(21)26(6-3)23(27)29/h7-14H,4-6,15-17H2,1-3H3,(H,24,28). The summed E-state index contributed by atoms with van der Waals surface area (Å²) in [5.41, 5.74) is 3.83. The molecule has 0 aliphatic heterocycles. The third-order valence-electron chi connectivity index (χ3n) is 5.43. The number of hydrogen-bond donors (Lipinski definition) is 1. The van der Waals surface area contributed by atoms with Crippen molar-refractivity contribution in [2.75, 3.05) is 13.1 Å². The minimum absolute atomic E-state index is 0.0184. The van der Waals surface area contributed by atoms with Gasteiger partial charge in [-0.05, 0) is 43.3 Å². The molecule has 6 nitrogen and oxygen atoms in total. The Balaban J connectivity index is 1.73. The average Bonchev–Trinajstić information content (AvgIpc) is 3.02. The number of rotatable bonds is 9. The Bertz CT molecular complexity index is 1030. The zero-order valence-electron chi connectivity index (χ0n) is 17.5. The van der Waals surface area contributed by atoms with Gasteiger partial charge in [-0.15, -0.1) is 0 Å². The van der Waals surface area contributed by atoms with Crippen molar-refractivity contribution in [2.45, 2.75) is 47.0 Å². The van der Waals surface area contributed by atoms with E-state index in [1.807, 2.05) is 49.4 Å². The fourth-order valence-electron chi connectivity index (χ4n) is 3.70. The molecule has 0 unspecified atom stereocenters. The summed E-state index contributed by atoms with van der Waals surface area (Å²) in [4.78, 5) is 27.7. The lowest BCUT2D eigenvalue weighted by atomic mass is 10.1. The van der Waals surface area contributed by atoms with Crippen LogP contribution >= 0.6 is 0 Å². The van der Waals surface area contributed by atoms with Crippen molar-refractivity contribution in [1.29, 1.82) is 0 Å². The molecule has 1 aromatic heterocycles.